The van der Waals surface area contributed by atoms with Gasteiger partial charge in [0.25, 0.3) is 0 Å². The van der Waals surface area contributed by atoms with Crippen LogP contribution in [0, 0.1) is 17.1 Å². The quantitative estimate of drug-likeness (QED) is 0.739. The van der Waals surface area contributed by atoms with Crippen molar-refractivity contribution in [1.82, 2.24) is 0 Å². The van der Waals surface area contributed by atoms with E-state index in [1.165, 1.54) is 12.1 Å². The van der Waals surface area contributed by atoms with Crippen LogP contribution >= 0.6 is 0 Å². The van der Waals surface area contributed by atoms with E-state index in [-0.39, 0.29) is 5.82 Å². The number of nitrogens with zero attached hydrogens (tertiary/aromatic N) is 2. The van der Waals surface area contributed by atoms with E-state index in [0.29, 0.717) is 0 Å². The Morgan fingerprint density at radius 2 is 2.07 bits per heavy atom. The summed E-state index contributed by atoms with van der Waals surface area (Å²) in [6.07, 6.45) is 1.68. The number of nitriles is 1. The summed E-state index contributed by atoms with van der Waals surface area (Å²) >= 11 is 0. The Kier molecular flexibility index (Phi) is 2.15. The first-order chi connectivity index (χ1) is 7.09. The summed E-state index contributed by atoms with van der Waals surface area (Å²) in [6.45, 7) is 0. The summed E-state index contributed by atoms with van der Waals surface area (Å²) in [5, 5.41) is 9.12. The van der Waals surface area contributed by atoms with Gasteiger partial charge in [0.15, 0.2) is 0 Å². The predicted molar refractivity (Wildman–Crippen MR) is 57.3 cm³/mol. The molecule has 0 aromatic heterocycles. The second-order valence-electron chi connectivity index (χ2n) is 4.25. The third-order valence-electron chi connectivity index (χ3n) is 2.92. The molecule has 0 unspecified atom stereocenters. The zero-order valence-corrected chi connectivity index (χ0v) is 8.92. The molecule has 0 radical (unpaired) electrons. The second-order valence-corrected chi connectivity index (χ2v) is 4.25. The normalized spacial score (nSPS) is 16.9. The molecular weight excluding hydrogens is 191 g/mol. The maximum Gasteiger partial charge on any atom is 0.123 e. The minimum atomic E-state index is -0.429. The van der Waals surface area contributed by atoms with Crippen molar-refractivity contribution >= 4 is 5.69 Å². The molecule has 0 atom stereocenters. The molecule has 1 saturated carbocycles. The number of hydrogen-bond donors (Lipinski definition) is 0. The van der Waals surface area contributed by atoms with Gasteiger partial charge in [-0.15, -0.1) is 0 Å². The highest BCUT2D eigenvalue weighted by Gasteiger charge is 2.46. The van der Waals surface area contributed by atoms with Crippen LogP contribution in [0.2, 0.25) is 0 Å². The van der Waals surface area contributed by atoms with Gasteiger partial charge in [-0.25, -0.2) is 4.39 Å². The molecule has 1 fully saturated rings. The number of rotatable bonds is 2. The van der Waals surface area contributed by atoms with Gasteiger partial charge >= 0.3 is 0 Å². The highest BCUT2D eigenvalue weighted by molar-refractivity contribution is 5.60. The van der Waals surface area contributed by atoms with Crippen molar-refractivity contribution in [2.75, 3.05) is 19.0 Å². The zero-order chi connectivity index (χ0) is 11.1. The number of benzene rings is 1. The van der Waals surface area contributed by atoms with Gasteiger partial charge in [0.2, 0.25) is 0 Å². The van der Waals surface area contributed by atoms with Crippen molar-refractivity contribution < 1.29 is 4.39 Å². The van der Waals surface area contributed by atoms with E-state index in [1.807, 2.05) is 19.0 Å². The van der Waals surface area contributed by atoms with Crippen molar-refractivity contribution in [2.24, 2.45) is 0 Å². The fourth-order valence-electron chi connectivity index (χ4n) is 1.85. The Morgan fingerprint density at radius 1 is 1.40 bits per heavy atom. The monoisotopic (exact) mass is 204 g/mol. The van der Waals surface area contributed by atoms with E-state index in [2.05, 4.69) is 6.07 Å². The average molecular weight is 204 g/mol. The van der Waals surface area contributed by atoms with Crippen LogP contribution in [0.25, 0.3) is 0 Å². The van der Waals surface area contributed by atoms with Crippen molar-refractivity contribution in [3.63, 3.8) is 0 Å². The molecule has 0 aliphatic heterocycles. The highest BCUT2D eigenvalue weighted by atomic mass is 19.1. The molecule has 0 saturated heterocycles. The molecule has 1 aliphatic carbocycles. The molecule has 78 valence electrons. The molecule has 0 spiro atoms. The van der Waals surface area contributed by atoms with Crippen LogP contribution in [-0.4, -0.2) is 14.1 Å². The van der Waals surface area contributed by atoms with E-state index in [1.54, 1.807) is 6.07 Å². The Balaban J connectivity index is 2.54. The minimum Gasteiger partial charge on any atom is -0.377 e. The maximum absolute atomic E-state index is 13.2. The zero-order valence-electron chi connectivity index (χ0n) is 8.92. The topological polar surface area (TPSA) is 27.0 Å². The summed E-state index contributed by atoms with van der Waals surface area (Å²) in [5.74, 6) is -0.267. The molecule has 0 heterocycles. The van der Waals surface area contributed by atoms with E-state index in [9.17, 15) is 4.39 Å². The molecule has 0 bridgehead atoms. The molecule has 1 aromatic rings. The lowest BCUT2D eigenvalue weighted by Crippen LogP contribution is -2.15. The standard InChI is InChI=1S/C12H13FN2/c1-15(2)11-4-3-9(13)7-10(11)12(8-14)5-6-12/h3-4,7H,5-6H2,1-2H3. The molecule has 3 heteroatoms. The maximum atomic E-state index is 13.2. The van der Waals surface area contributed by atoms with Gasteiger partial charge in [0, 0.05) is 19.8 Å². The SMILES string of the molecule is CN(C)c1ccc(F)cc1C1(C#N)CC1. The summed E-state index contributed by atoms with van der Waals surface area (Å²) in [6, 6.07) is 6.96. The molecule has 1 aromatic carbocycles. The van der Waals surface area contributed by atoms with Gasteiger partial charge in [0.05, 0.1) is 11.5 Å². The Hall–Kier alpha value is -1.56. The molecule has 1 aliphatic rings. The van der Waals surface area contributed by atoms with Crippen LogP contribution in [-0.2, 0) is 5.41 Å². The van der Waals surface area contributed by atoms with Crippen molar-refractivity contribution in [3.05, 3.63) is 29.6 Å². The van der Waals surface area contributed by atoms with Crippen molar-refractivity contribution in [2.45, 2.75) is 18.3 Å². The first-order valence-electron chi connectivity index (χ1n) is 4.98. The molecule has 15 heavy (non-hydrogen) atoms. The van der Waals surface area contributed by atoms with Crippen LogP contribution < -0.4 is 4.90 Å². The van der Waals surface area contributed by atoms with Gasteiger partial charge in [0.1, 0.15) is 5.82 Å². The lowest BCUT2D eigenvalue weighted by molar-refractivity contribution is 0.623. The molecular formula is C12H13FN2. The van der Waals surface area contributed by atoms with Crippen molar-refractivity contribution in [1.29, 1.82) is 5.26 Å². The lowest BCUT2D eigenvalue weighted by atomic mass is 9.95. The summed E-state index contributed by atoms with van der Waals surface area (Å²) < 4.78 is 13.2. The fourth-order valence-corrected chi connectivity index (χ4v) is 1.85. The van der Waals surface area contributed by atoms with Crippen LogP contribution in [0.1, 0.15) is 18.4 Å². The Bertz CT molecular complexity index is 428. The smallest absolute Gasteiger partial charge is 0.123 e. The van der Waals surface area contributed by atoms with Crippen LogP contribution in [0.5, 0.6) is 0 Å². The molecule has 0 N–H and O–H groups in total. The van der Waals surface area contributed by atoms with Gasteiger partial charge in [-0.2, -0.15) is 5.26 Å². The second kappa shape index (κ2) is 3.23. The Morgan fingerprint density at radius 3 is 2.53 bits per heavy atom. The van der Waals surface area contributed by atoms with E-state index in [0.717, 1.165) is 24.1 Å². The molecule has 0 amide bonds. The third kappa shape index (κ3) is 1.56. The van der Waals surface area contributed by atoms with Gasteiger partial charge in [-0.1, -0.05) is 0 Å². The van der Waals surface area contributed by atoms with Crippen LogP contribution in [0.15, 0.2) is 18.2 Å². The first-order valence-corrected chi connectivity index (χ1v) is 4.98. The van der Waals surface area contributed by atoms with Gasteiger partial charge in [-0.3, -0.25) is 0 Å². The highest BCUT2D eigenvalue weighted by Crippen LogP contribution is 2.50. The minimum absolute atomic E-state index is 0.267. The lowest BCUT2D eigenvalue weighted by Gasteiger charge is -2.19. The Labute approximate surface area is 88.9 Å². The van der Waals surface area contributed by atoms with E-state index in [4.69, 9.17) is 5.26 Å². The predicted octanol–water partition coefficient (Wildman–Crippen LogP) is 2.45. The molecule has 2 nitrogen and oxygen atoms in total. The van der Waals surface area contributed by atoms with Gasteiger partial charge in [-0.05, 0) is 36.6 Å². The number of hydrogen-bond acceptors (Lipinski definition) is 2. The van der Waals surface area contributed by atoms with Gasteiger partial charge < -0.3 is 4.90 Å². The van der Waals surface area contributed by atoms with Crippen molar-refractivity contribution in [3.8, 4) is 6.07 Å². The fraction of sp³-hybridized carbons (Fsp3) is 0.417. The van der Waals surface area contributed by atoms with Crippen LogP contribution in [0.3, 0.4) is 0 Å². The van der Waals surface area contributed by atoms with Crippen LogP contribution in [0.4, 0.5) is 10.1 Å². The number of halogens is 1. The summed E-state index contributed by atoms with van der Waals surface area (Å²) in [4.78, 5) is 1.92. The third-order valence-corrected chi connectivity index (χ3v) is 2.92. The van der Waals surface area contributed by atoms with E-state index < -0.39 is 5.41 Å². The summed E-state index contributed by atoms with van der Waals surface area (Å²) in [5.41, 5.74) is 1.34. The summed E-state index contributed by atoms with van der Waals surface area (Å²) in [7, 11) is 3.81. The average Bonchev–Trinajstić information content (AvgIpc) is 2.97. The largest absolute Gasteiger partial charge is 0.377 e. The number of anilines is 1. The first kappa shape index (κ1) is 9.97. The van der Waals surface area contributed by atoms with E-state index >= 15 is 0 Å². The molecule has 2 rings (SSSR count).